The van der Waals surface area contributed by atoms with Gasteiger partial charge in [-0.3, -0.25) is 9.59 Å². The van der Waals surface area contributed by atoms with Crippen LogP contribution in [0.15, 0.2) is 82.4 Å². The summed E-state index contributed by atoms with van der Waals surface area (Å²) in [6.07, 6.45) is 3.41. The van der Waals surface area contributed by atoms with Gasteiger partial charge in [-0.15, -0.1) is 0 Å². The third-order valence-electron chi connectivity index (χ3n) is 5.18. The van der Waals surface area contributed by atoms with Gasteiger partial charge in [0.2, 0.25) is 0 Å². The lowest BCUT2D eigenvalue weighted by Crippen LogP contribution is -2.10. The Morgan fingerprint density at radius 3 is 1.56 bits per heavy atom. The molecular formula is C26H16Cl2N4O2. The molecule has 0 amide bonds. The van der Waals surface area contributed by atoms with Gasteiger partial charge in [-0.1, -0.05) is 65.7 Å². The first-order valence-corrected chi connectivity index (χ1v) is 11.1. The minimum absolute atomic E-state index is 0.257. The van der Waals surface area contributed by atoms with E-state index in [4.69, 9.17) is 23.2 Å². The highest BCUT2D eigenvalue weighted by atomic mass is 35.5. The molecule has 34 heavy (non-hydrogen) atoms. The number of hydrogen-bond donors (Lipinski definition) is 2. The number of fused-ring (bicyclic) bond motifs is 2. The number of hydrogen-bond acceptors (Lipinski definition) is 4. The van der Waals surface area contributed by atoms with Gasteiger partial charge in [0.05, 0.1) is 31.9 Å². The first-order chi connectivity index (χ1) is 16.5. The SMILES string of the molecule is O=c1[nH]c(/C(Cl)=C/c2cccc(/C=C(\Cl)c3nc4ccccc4c(=O)[nH]3)c2)nc2ccccc12. The molecule has 0 radical (unpaired) electrons. The zero-order chi connectivity index (χ0) is 23.7. The normalized spacial score (nSPS) is 12.4. The van der Waals surface area contributed by atoms with E-state index in [2.05, 4.69) is 19.9 Å². The van der Waals surface area contributed by atoms with Crippen molar-refractivity contribution in [1.29, 1.82) is 0 Å². The topological polar surface area (TPSA) is 91.5 Å². The van der Waals surface area contributed by atoms with Gasteiger partial charge in [0.25, 0.3) is 11.1 Å². The van der Waals surface area contributed by atoms with Crippen LogP contribution in [0, 0.1) is 0 Å². The number of rotatable bonds is 4. The van der Waals surface area contributed by atoms with Gasteiger partial charge >= 0.3 is 0 Å². The van der Waals surface area contributed by atoms with E-state index < -0.39 is 0 Å². The highest BCUT2D eigenvalue weighted by Gasteiger charge is 2.08. The third kappa shape index (κ3) is 4.41. The fourth-order valence-corrected chi connectivity index (χ4v) is 4.00. The summed E-state index contributed by atoms with van der Waals surface area (Å²) in [4.78, 5) is 39.0. The average molecular weight is 487 g/mol. The predicted molar refractivity (Wildman–Crippen MR) is 139 cm³/mol. The van der Waals surface area contributed by atoms with Crippen LogP contribution in [0.1, 0.15) is 22.8 Å². The molecular weight excluding hydrogens is 471 g/mol. The van der Waals surface area contributed by atoms with Crippen LogP contribution in [0.4, 0.5) is 0 Å². The fraction of sp³-hybridized carbons (Fsp3) is 0. The molecule has 0 saturated heterocycles. The molecule has 0 spiro atoms. The van der Waals surface area contributed by atoms with Crippen LogP contribution in [-0.4, -0.2) is 19.9 Å². The summed E-state index contributed by atoms with van der Waals surface area (Å²) >= 11 is 13.0. The lowest BCUT2D eigenvalue weighted by Gasteiger charge is -2.04. The van der Waals surface area contributed by atoms with Crippen LogP contribution in [-0.2, 0) is 0 Å². The molecule has 0 aliphatic rings. The first kappa shape index (κ1) is 21.8. The van der Waals surface area contributed by atoms with Gasteiger partial charge in [-0.05, 0) is 53.6 Å². The summed E-state index contributed by atoms with van der Waals surface area (Å²) in [7, 11) is 0. The highest BCUT2D eigenvalue weighted by molar-refractivity contribution is 6.51. The molecule has 0 unspecified atom stereocenters. The van der Waals surface area contributed by atoms with Crippen molar-refractivity contribution in [2.75, 3.05) is 0 Å². The van der Waals surface area contributed by atoms with Crippen LogP contribution >= 0.6 is 23.2 Å². The van der Waals surface area contributed by atoms with E-state index in [0.717, 1.165) is 11.1 Å². The molecule has 0 saturated carbocycles. The first-order valence-electron chi connectivity index (χ1n) is 10.3. The Labute approximate surface area is 203 Å². The van der Waals surface area contributed by atoms with E-state index in [1.54, 1.807) is 48.6 Å². The predicted octanol–water partition coefficient (Wildman–Crippen LogP) is 5.63. The molecule has 0 aliphatic heterocycles. The minimum Gasteiger partial charge on any atom is -0.305 e. The van der Waals surface area contributed by atoms with Gasteiger partial charge in [0.15, 0.2) is 11.6 Å². The summed E-state index contributed by atoms with van der Waals surface area (Å²) in [5, 5.41) is 1.57. The van der Waals surface area contributed by atoms with Crippen molar-refractivity contribution in [3.8, 4) is 0 Å². The van der Waals surface area contributed by atoms with Crippen LogP contribution < -0.4 is 11.1 Å². The summed E-state index contributed by atoms with van der Waals surface area (Å²) in [5.41, 5.74) is 2.17. The second-order valence-corrected chi connectivity index (χ2v) is 8.33. The Hall–Kier alpha value is -4.00. The Kier molecular flexibility index (Phi) is 5.84. The quantitative estimate of drug-likeness (QED) is 0.344. The van der Waals surface area contributed by atoms with Crippen molar-refractivity contribution in [2.24, 2.45) is 0 Å². The second kappa shape index (κ2) is 9.09. The number of nitrogens with zero attached hydrogens (tertiary/aromatic N) is 2. The zero-order valence-electron chi connectivity index (χ0n) is 17.5. The third-order valence-corrected chi connectivity index (χ3v) is 5.75. The van der Waals surface area contributed by atoms with Crippen LogP contribution in [0.25, 0.3) is 44.0 Å². The molecule has 8 heteroatoms. The molecule has 2 aromatic heterocycles. The molecule has 166 valence electrons. The van der Waals surface area contributed by atoms with Crippen molar-refractivity contribution in [1.82, 2.24) is 19.9 Å². The molecule has 5 rings (SSSR count). The highest BCUT2D eigenvalue weighted by Crippen LogP contribution is 2.23. The Balaban J connectivity index is 1.48. The Morgan fingerprint density at radius 1 is 0.647 bits per heavy atom. The van der Waals surface area contributed by atoms with Gasteiger partial charge in [-0.25, -0.2) is 9.97 Å². The maximum atomic E-state index is 12.3. The molecule has 0 aliphatic carbocycles. The smallest absolute Gasteiger partial charge is 0.259 e. The number of aromatic nitrogens is 4. The maximum Gasteiger partial charge on any atom is 0.259 e. The Morgan fingerprint density at radius 2 is 1.09 bits per heavy atom. The summed E-state index contributed by atoms with van der Waals surface area (Å²) < 4.78 is 0. The van der Waals surface area contributed by atoms with E-state index in [-0.39, 0.29) is 32.8 Å². The molecule has 0 bridgehead atoms. The molecule has 6 nitrogen and oxygen atoms in total. The van der Waals surface area contributed by atoms with E-state index in [1.165, 1.54) is 0 Å². The fourth-order valence-electron chi connectivity index (χ4n) is 3.57. The number of H-pyrrole nitrogens is 2. The molecule has 5 aromatic rings. The van der Waals surface area contributed by atoms with E-state index in [0.29, 0.717) is 21.8 Å². The largest absolute Gasteiger partial charge is 0.305 e. The summed E-state index contributed by atoms with van der Waals surface area (Å²) in [6.45, 7) is 0. The lowest BCUT2D eigenvalue weighted by molar-refractivity contribution is 1.14. The molecule has 2 N–H and O–H groups in total. The Bertz CT molecular complexity index is 1610. The van der Waals surface area contributed by atoms with Crippen molar-refractivity contribution in [3.63, 3.8) is 0 Å². The van der Waals surface area contributed by atoms with Crippen LogP contribution in [0.3, 0.4) is 0 Å². The molecule has 3 aromatic carbocycles. The lowest BCUT2D eigenvalue weighted by atomic mass is 10.1. The van der Waals surface area contributed by atoms with Crippen molar-refractivity contribution >= 4 is 67.2 Å². The van der Waals surface area contributed by atoms with E-state index in [1.807, 2.05) is 36.4 Å². The van der Waals surface area contributed by atoms with E-state index >= 15 is 0 Å². The van der Waals surface area contributed by atoms with Gasteiger partial charge in [-0.2, -0.15) is 0 Å². The minimum atomic E-state index is -0.257. The number of benzene rings is 3. The summed E-state index contributed by atoms with van der Waals surface area (Å²) in [6, 6.07) is 21.6. The number of halogens is 2. The standard InChI is InChI=1S/C26H16Cl2N4O2/c27-19(23-29-21-10-3-1-8-17(21)25(33)31-23)13-15-6-5-7-16(12-15)14-20(28)24-30-22-11-4-2-9-18(22)26(34)32-24/h1-14H,(H,29,31,33)(H,30,32,34)/b19-13-,20-14-. The van der Waals surface area contributed by atoms with Gasteiger partial charge in [0, 0.05) is 0 Å². The maximum absolute atomic E-state index is 12.3. The van der Waals surface area contributed by atoms with Gasteiger partial charge in [0.1, 0.15) is 0 Å². The van der Waals surface area contributed by atoms with Crippen LogP contribution in [0.5, 0.6) is 0 Å². The van der Waals surface area contributed by atoms with E-state index in [9.17, 15) is 9.59 Å². The van der Waals surface area contributed by atoms with Crippen molar-refractivity contribution in [3.05, 3.63) is 116 Å². The monoisotopic (exact) mass is 486 g/mol. The zero-order valence-corrected chi connectivity index (χ0v) is 19.1. The molecule has 2 heterocycles. The van der Waals surface area contributed by atoms with Crippen LogP contribution in [0.2, 0.25) is 0 Å². The van der Waals surface area contributed by atoms with Crippen molar-refractivity contribution < 1.29 is 0 Å². The van der Waals surface area contributed by atoms with Gasteiger partial charge < -0.3 is 9.97 Å². The number of nitrogens with one attached hydrogen (secondary N) is 2. The number of para-hydroxylation sites is 2. The molecule has 0 atom stereocenters. The molecule has 0 fully saturated rings. The summed E-state index contributed by atoms with van der Waals surface area (Å²) in [5.74, 6) is 0.560. The number of aromatic amines is 2. The average Bonchev–Trinajstić information content (AvgIpc) is 2.84. The van der Waals surface area contributed by atoms with Crippen molar-refractivity contribution in [2.45, 2.75) is 0 Å². The second-order valence-electron chi connectivity index (χ2n) is 7.52.